The summed E-state index contributed by atoms with van der Waals surface area (Å²) < 4.78 is 10.5. The minimum Gasteiger partial charge on any atom is -0.383 e. The summed E-state index contributed by atoms with van der Waals surface area (Å²) >= 11 is 0. The summed E-state index contributed by atoms with van der Waals surface area (Å²) in [6, 6.07) is 0. The van der Waals surface area contributed by atoms with Gasteiger partial charge in [0.05, 0.1) is 13.2 Å². The number of nitrogens with zero attached hydrogens (tertiary/aromatic N) is 1. The van der Waals surface area contributed by atoms with Crippen LogP contribution in [0.25, 0.3) is 0 Å². The van der Waals surface area contributed by atoms with E-state index < -0.39 is 0 Å². The Balaban J connectivity index is 0.00000289. The SMILES string of the molecule is COCCN(CC(C)C)C(=O)C1CNCCO1.Cl. The molecular weight excluding hydrogens is 256 g/mol. The highest BCUT2D eigenvalue weighted by Gasteiger charge is 2.26. The van der Waals surface area contributed by atoms with Crippen LogP contribution in [0.5, 0.6) is 0 Å². The molecule has 1 atom stereocenters. The van der Waals surface area contributed by atoms with Crippen LogP contribution in [0.2, 0.25) is 0 Å². The van der Waals surface area contributed by atoms with Crippen molar-refractivity contribution in [3.63, 3.8) is 0 Å². The van der Waals surface area contributed by atoms with Crippen LogP contribution >= 0.6 is 12.4 Å². The summed E-state index contributed by atoms with van der Waals surface area (Å²) in [7, 11) is 1.65. The van der Waals surface area contributed by atoms with E-state index in [-0.39, 0.29) is 24.4 Å². The molecule has 0 aliphatic carbocycles. The molecule has 0 bridgehead atoms. The second kappa shape index (κ2) is 9.55. The third-order valence-electron chi connectivity index (χ3n) is 2.67. The lowest BCUT2D eigenvalue weighted by atomic mass is 10.2. The van der Waals surface area contributed by atoms with Gasteiger partial charge in [-0.25, -0.2) is 0 Å². The average Bonchev–Trinajstić information content (AvgIpc) is 2.34. The molecule has 5 nitrogen and oxygen atoms in total. The zero-order valence-corrected chi connectivity index (χ0v) is 12.3. The number of amides is 1. The van der Waals surface area contributed by atoms with Crippen molar-refractivity contribution in [3.8, 4) is 0 Å². The minimum absolute atomic E-state index is 0. The number of carbonyl (C=O) groups is 1. The monoisotopic (exact) mass is 280 g/mol. The van der Waals surface area contributed by atoms with Crippen molar-refractivity contribution < 1.29 is 14.3 Å². The Bertz CT molecular complexity index is 233. The van der Waals surface area contributed by atoms with Crippen LogP contribution in [0.15, 0.2) is 0 Å². The van der Waals surface area contributed by atoms with Gasteiger partial charge in [0.15, 0.2) is 0 Å². The molecule has 0 radical (unpaired) electrons. The van der Waals surface area contributed by atoms with Crippen LogP contribution in [0.1, 0.15) is 13.8 Å². The summed E-state index contributed by atoms with van der Waals surface area (Å²) in [5.74, 6) is 0.523. The van der Waals surface area contributed by atoms with E-state index in [0.29, 0.717) is 32.2 Å². The summed E-state index contributed by atoms with van der Waals surface area (Å²) in [5.41, 5.74) is 0. The van der Waals surface area contributed by atoms with Crippen LogP contribution in [0.3, 0.4) is 0 Å². The molecule has 1 unspecified atom stereocenters. The fraction of sp³-hybridized carbons (Fsp3) is 0.917. The van der Waals surface area contributed by atoms with Crippen molar-refractivity contribution in [2.45, 2.75) is 20.0 Å². The lowest BCUT2D eigenvalue weighted by Crippen LogP contribution is -2.50. The molecule has 1 fully saturated rings. The van der Waals surface area contributed by atoms with E-state index in [1.807, 2.05) is 4.90 Å². The summed E-state index contributed by atoms with van der Waals surface area (Å²) in [6.45, 7) is 8.21. The lowest BCUT2D eigenvalue weighted by Gasteiger charge is -2.30. The Labute approximate surface area is 116 Å². The maximum absolute atomic E-state index is 12.2. The normalized spacial score (nSPS) is 19.4. The first-order valence-electron chi connectivity index (χ1n) is 6.25. The standard InChI is InChI=1S/C12H24N2O3.ClH/c1-10(2)9-14(5-7-16-3)12(15)11-8-13-4-6-17-11;/h10-11,13H,4-9H2,1-3H3;1H. The zero-order valence-electron chi connectivity index (χ0n) is 11.5. The first kappa shape index (κ1) is 17.6. The molecule has 1 N–H and O–H groups in total. The van der Waals surface area contributed by atoms with Gasteiger partial charge in [-0.2, -0.15) is 0 Å². The molecule has 0 aromatic rings. The Hall–Kier alpha value is -0.360. The van der Waals surface area contributed by atoms with Crippen LogP contribution in [0.4, 0.5) is 0 Å². The van der Waals surface area contributed by atoms with E-state index in [1.54, 1.807) is 7.11 Å². The lowest BCUT2D eigenvalue weighted by molar-refractivity contribution is -0.146. The minimum atomic E-state index is -0.334. The van der Waals surface area contributed by atoms with Crippen molar-refractivity contribution in [1.82, 2.24) is 10.2 Å². The summed E-state index contributed by atoms with van der Waals surface area (Å²) in [4.78, 5) is 14.1. The molecule has 18 heavy (non-hydrogen) atoms. The average molecular weight is 281 g/mol. The number of halogens is 1. The van der Waals surface area contributed by atoms with Gasteiger partial charge in [-0.15, -0.1) is 12.4 Å². The van der Waals surface area contributed by atoms with Crippen molar-refractivity contribution >= 4 is 18.3 Å². The van der Waals surface area contributed by atoms with Gasteiger partial charge in [0.1, 0.15) is 6.10 Å². The van der Waals surface area contributed by atoms with Crippen LogP contribution in [0, 0.1) is 5.92 Å². The maximum atomic E-state index is 12.2. The quantitative estimate of drug-likeness (QED) is 0.771. The molecule has 0 aromatic carbocycles. The van der Waals surface area contributed by atoms with Gasteiger partial charge in [-0.05, 0) is 5.92 Å². The van der Waals surface area contributed by atoms with Crippen LogP contribution < -0.4 is 5.32 Å². The molecule has 0 saturated carbocycles. The number of carbonyl (C=O) groups excluding carboxylic acids is 1. The van der Waals surface area contributed by atoms with Crippen LogP contribution in [-0.4, -0.2) is 63.4 Å². The van der Waals surface area contributed by atoms with Gasteiger partial charge >= 0.3 is 0 Å². The highest BCUT2D eigenvalue weighted by atomic mass is 35.5. The third kappa shape index (κ3) is 6.00. The second-order valence-corrected chi connectivity index (χ2v) is 4.73. The molecule has 6 heteroatoms. The molecule has 0 spiro atoms. The van der Waals surface area contributed by atoms with Gasteiger partial charge in [-0.1, -0.05) is 13.8 Å². The van der Waals surface area contributed by atoms with E-state index in [4.69, 9.17) is 9.47 Å². The van der Waals surface area contributed by atoms with Crippen molar-refractivity contribution in [2.75, 3.05) is 46.5 Å². The molecule has 1 rings (SSSR count). The molecule has 1 aliphatic rings. The van der Waals surface area contributed by atoms with Gasteiger partial charge < -0.3 is 19.7 Å². The number of methoxy groups -OCH3 is 1. The Morgan fingerprint density at radius 3 is 2.78 bits per heavy atom. The van der Waals surface area contributed by atoms with Crippen molar-refractivity contribution in [2.24, 2.45) is 5.92 Å². The first-order valence-corrected chi connectivity index (χ1v) is 6.25. The van der Waals surface area contributed by atoms with Gasteiger partial charge in [-0.3, -0.25) is 4.79 Å². The molecule has 1 amide bonds. The molecular formula is C12H25ClN2O3. The zero-order chi connectivity index (χ0) is 12.7. The number of ether oxygens (including phenoxy) is 2. The van der Waals surface area contributed by atoms with Gasteiger partial charge in [0.25, 0.3) is 5.91 Å². The van der Waals surface area contributed by atoms with E-state index in [2.05, 4.69) is 19.2 Å². The van der Waals surface area contributed by atoms with E-state index >= 15 is 0 Å². The fourth-order valence-corrected chi connectivity index (χ4v) is 1.86. The topological polar surface area (TPSA) is 50.8 Å². The summed E-state index contributed by atoms with van der Waals surface area (Å²) in [6.07, 6.45) is -0.334. The Kier molecular flexibility index (Phi) is 9.36. The third-order valence-corrected chi connectivity index (χ3v) is 2.67. The fourth-order valence-electron chi connectivity index (χ4n) is 1.86. The molecule has 1 saturated heterocycles. The molecule has 1 heterocycles. The number of hydrogen-bond acceptors (Lipinski definition) is 4. The van der Waals surface area contributed by atoms with Crippen LogP contribution in [-0.2, 0) is 14.3 Å². The molecule has 0 aromatic heterocycles. The first-order chi connectivity index (χ1) is 8.15. The van der Waals surface area contributed by atoms with Crippen molar-refractivity contribution in [1.29, 1.82) is 0 Å². The number of rotatable bonds is 6. The van der Waals surface area contributed by atoms with Gasteiger partial charge in [0.2, 0.25) is 0 Å². The maximum Gasteiger partial charge on any atom is 0.253 e. The van der Waals surface area contributed by atoms with Crippen molar-refractivity contribution in [3.05, 3.63) is 0 Å². The second-order valence-electron chi connectivity index (χ2n) is 4.73. The highest BCUT2D eigenvalue weighted by molar-refractivity contribution is 5.85. The smallest absolute Gasteiger partial charge is 0.253 e. The molecule has 108 valence electrons. The molecule has 1 aliphatic heterocycles. The van der Waals surface area contributed by atoms with Gasteiger partial charge in [0, 0.05) is 33.3 Å². The largest absolute Gasteiger partial charge is 0.383 e. The van der Waals surface area contributed by atoms with E-state index in [1.165, 1.54) is 0 Å². The summed E-state index contributed by atoms with van der Waals surface area (Å²) in [5, 5.41) is 3.18. The van der Waals surface area contributed by atoms with E-state index in [9.17, 15) is 4.79 Å². The number of hydrogen-bond donors (Lipinski definition) is 1. The number of morpholine rings is 1. The highest BCUT2D eigenvalue weighted by Crippen LogP contribution is 2.06. The predicted octanol–water partition coefficient (Wildman–Crippen LogP) is 0.528. The Morgan fingerprint density at radius 2 is 2.28 bits per heavy atom. The van der Waals surface area contributed by atoms with E-state index in [0.717, 1.165) is 13.1 Å². The Morgan fingerprint density at radius 1 is 1.56 bits per heavy atom. The number of nitrogens with one attached hydrogen (secondary N) is 1. The predicted molar refractivity (Wildman–Crippen MR) is 73.2 cm³/mol.